The van der Waals surface area contributed by atoms with Crippen molar-refractivity contribution in [1.82, 2.24) is 10.2 Å². The first kappa shape index (κ1) is 13.1. The van der Waals surface area contributed by atoms with Crippen molar-refractivity contribution in [2.24, 2.45) is 0 Å². The molecule has 1 aromatic rings. The van der Waals surface area contributed by atoms with Crippen LogP contribution in [0.25, 0.3) is 0 Å². The summed E-state index contributed by atoms with van der Waals surface area (Å²) < 4.78 is 0. The van der Waals surface area contributed by atoms with Crippen LogP contribution in [0, 0.1) is 0 Å². The quantitative estimate of drug-likeness (QED) is 0.810. The van der Waals surface area contributed by atoms with E-state index < -0.39 is 11.9 Å². The molecule has 0 radical (unpaired) electrons. The van der Waals surface area contributed by atoms with Gasteiger partial charge in [-0.05, 0) is 11.1 Å². The second-order valence-corrected chi connectivity index (χ2v) is 4.44. The van der Waals surface area contributed by atoms with Crippen molar-refractivity contribution in [3.63, 3.8) is 0 Å². The third-order valence-electron chi connectivity index (χ3n) is 3.18. The van der Waals surface area contributed by atoms with E-state index in [9.17, 15) is 14.7 Å². The van der Waals surface area contributed by atoms with Crippen molar-refractivity contribution < 1.29 is 14.7 Å². The maximum absolute atomic E-state index is 11.9. The Morgan fingerprint density at radius 1 is 1.47 bits per heavy atom. The number of amides is 2. The predicted octanol–water partition coefficient (Wildman–Crippen LogP) is 1.57. The Kier molecular flexibility index (Phi) is 3.85. The van der Waals surface area contributed by atoms with Crippen molar-refractivity contribution in [3.05, 3.63) is 48.0 Å². The number of benzene rings is 1. The van der Waals surface area contributed by atoms with Gasteiger partial charge in [-0.3, -0.25) is 4.79 Å². The Labute approximate surface area is 111 Å². The maximum Gasteiger partial charge on any atom is 0.317 e. The molecule has 0 spiro atoms. The van der Waals surface area contributed by atoms with Crippen LogP contribution in [-0.2, 0) is 11.3 Å². The molecular formula is C14H16N2O3. The van der Waals surface area contributed by atoms with Gasteiger partial charge in [-0.15, -0.1) is 6.58 Å². The highest BCUT2D eigenvalue weighted by Gasteiger charge is 2.32. The summed E-state index contributed by atoms with van der Waals surface area (Å²) in [5, 5.41) is 12.0. The molecule has 0 saturated carbocycles. The van der Waals surface area contributed by atoms with E-state index >= 15 is 0 Å². The molecule has 0 saturated heterocycles. The van der Waals surface area contributed by atoms with E-state index in [2.05, 4.69) is 11.9 Å². The van der Waals surface area contributed by atoms with E-state index in [0.29, 0.717) is 13.1 Å². The molecule has 0 bridgehead atoms. The second kappa shape index (κ2) is 5.56. The van der Waals surface area contributed by atoms with Gasteiger partial charge in [-0.25, -0.2) is 4.79 Å². The van der Waals surface area contributed by atoms with E-state index in [1.54, 1.807) is 6.08 Å². The fraction of sp³-hybridized carbons (Fsp3) is 0.286. The number of carboxylic acids is 1. The number of urea groups is 1. The minimum atomic E-state index is -0.909. The molecule has 1 atom stereocenters. The summed E-state index contributed by atoms with van der Waals surface area (Å²) in [6, 6.07) is 7.08. The Morgan fingerprint density at radius 2 is 2.21 bits per heavy atom. The molecular weight excluding hydrogens is 244 g/mol. The molecule has 5 heteroatoms. The summed E-state index contributed by atoms with van der Waals surface area (Å²) in [4.78, 5) is 24.8. The third-order valence-corrected chi connectivity index (χ3v) is 3.18. The predicted molar refractivity (Wildman–Crippen MR) is 70.8 cm³/mol. The smallest absolute Gasteiger partial charge is 0.317 e. The van der Waals surface area contributed by atoms with Gasteiger partial charge in [0.1, 0.15) is 0 Å². The van der Waals surface area contributed by atoms with Gasteiger partial charge >= 0.3 is 12.0 Å². The SMILES string of the molecule is C=CCNC(=O)N1Cc2ccccc2C(C(=O)O)C1. The van der Waals surface area contributed by atoms with Crippen LogP contribution in [0.4, 0.5) is 4.79 Å². The topological polar surface area (TPSA) is 69.6 Å². The van der Waals surface area contributed by atoms with Gasteiger partial charge < -0.3 is 15.3 Å². The fourth-order valence-electron chi connectivity index (χ4n) is 2.24. The van der Waals surface area contributed by atoms with E-state index in [4.69, 9.17) is 0 Å². The van der Waals surface area contributed by atoms with Gasteiger partial charge in [0.25, 0.3) is 0 Å². The number of aliphatic carboxylic acids is 1. The standard InChI is InChI=1S/C14H16N2O3/c1-2-7-15-14(19)16-8-10-5-3-4-6-11(10)12(9-16)13(17)18/h2-6,12H,1,7-9H2,(H,15,19)(H,17,18). The van der Waals surface area contributed by atoms with Crippen LogP contribution >= 0.6 is 0 Å². The van der Waals surface area contributed by atoms with E-state index in [1.165, 1.54) is 4.90 Å². The Hall–Kier alpha value is -2.30. The summed E-state index contributed by atoms with van der Waals surface area (Å²) >= 11 is 0. The molecule has 1 heterocycles. The molecule has 2 amide bonds. The number of carboxylic acid groups (broad SMARTS) is 1. The largest absolute Gasteiger partial charge is 0.481 e. The molecule has 1 aliphatic rings. The summed E-state index contributed by atoms with van der Waals surface area (Å²) in [7, 11) is 0. The number of nitrogens with one attached hydrogen (secondary N) is 1. The van der Waals surface area contributed by atoms with Crippen LogP contribution in [0.3, 0.4) is 0 Å². The summed E-state index contributed by atoms with van der Waals surface area (Å²) in [6.07, 6.45) is 1.59. The number of nitrogens with zero attached hydrogens (tertiary/aromatic N) is 1. The molecule has 1 aliphatic heterocycles. The summed E-state index contributed by atoms with van der Waals surface area (Å²) in [5.74, 6) is -1.58. The van der Waals surface area contributed by atoms with Gasteiger partial charge in [-0.2, -0.15) is 0 Å². The summed E-state index contributed by atoms with van der Waals surface area (Å²) in [5.41, 5.74) is 1.68. The number of hydrogen-bond acceptors (Lipinski definition) is 2. The molecule has 1 aromatic carbocycles. The lowest BCUT2D eigenvalue weighted by molar-refractivity contribution is -0.139. The Balaban J connectivity index is 2.22. The molecule has 19 heavy (non-hydrogen) atoms. The fourth-order valence-corrected chi connectivity index (χ4v) is 2.24. The lowest BCUT2D eigenvalue weighted by atomic mass is 9.90. The van der Waals surface area contributed by atoms with Crippen LogP contribution in [-0.4, -0.2) is 35.1 Å². The van der Waals surface area contributed by atoms with Crippen molar-refractivity contribution in [2.75, 3.05) is 13.1 Å². The number of hydrogen-bond donors (Lipinski definition) is 2. The first-order valence-electron chi connectivity index (χ1n) is 6.07. The second-order valence-electron chi connectivity index (χ2n) is 4.44. The van der Waals surface area contributed by atoms with E-state index in [-0.39, 0.29) is 12.6 Å². The average molecular weight is 260 g/mol. The molecule has 100 valence electrons. The van der Waals surface area contributed by atoms with Crippen molar-refractivity contribution in [2.45, 2.75) is 12.5 Å². The molecule has 0 aromatic heterocycles. The molecule has 5 nitrogen and oxygen atoms in total. The third kappa shape index (κ3) is 2.76. The van der Waals surface area contributed by atoms with E-state index in [1.807, 2.05) is 24.3 Å². The van der Waals surface area contributed by atoms with Gasteiger partial charge in [0.15, 0.2) is 0 Å². The van der Waals surface area contributed by atoms with Crippen molar-refractivity contribution in [1.29, 1.82) is 0 Å². The average Bonchev–Trinajstić information content (AvgIpc) is 2.43. The zero-order valence-corrected chi connectivity index (χ0v) is 10.5. The lowest BCUT2D eigenvalue weighted by Gasteiger charge is -2.32. The first-order valence-corrected chi connectivity index (χ1v) is 6.07. The molecule has 1 unspecified atom stereocenters. The summed E-state index contributed by atoms with van der Waals surface area (Å²) in [6.45, 7) is 4.52. The highest BCUT2D eigenvalue weighted by Crippen LogP contribution is 2.28. The monoisotopic (exact) mass is 260 g/mol. The maximum atomic E-state index is 11.9. The molecule has 0 fully saturated rings. The molecule has 2 N–H and O–H groups in total. The van der Waals surface area contributed by atoms with Crippen molar-refractivity contribution >= 4 is 12.0 Å². The zero-order valence-electron chi connectivity index (χ0n) is 10.5. The van der Waals surface area contributed by atoms with Crippen LogP contribution in [0.2, 0.25) is 0 Å². The molecule has 0 aliphatic carbocycles. The van der Waals surface area contributed by atoms with Gasteiger partial charge in [-0.1, -0.05) is 30.3 Å². The van der Waals surface area contributed by atoms with Gasteiger partial charge in [0.2, 0.25) is 0 Å². The van der Waals surface area contributed by atoms with E-state index in [0.717, 1.165) is 11.1 Å². The lowest BCUT2D eigenvalue weighted by Crippen LogP contribution is -2.45. The number of carbonyl (C=O) groups is 2. The van der Waals surface area contributed by atoms with Gasteiger partial charge in [0, 0.05) is 19.6 Å². The van der Waals surface area contributed by atoms with Crippen LogP contribution in [0.1, 0.15) is 17.0 Å². The zero-order chi connectivity index (χ0) is 13.8. The number of carbonyl (C=O) groups excluding carboxylic acids is 1. The molecule has 2 rings (SSSR count). The van der Waals surface area contributed by atoms with Crippen LogP contribution in [0.5, 0.6) is 0 Å². The highest BCUT2D eigenvalue weighted by molar-refractivity contribution is 5.80. The normalized spacial score (nSPS) is 17.5. The Bertz CT molecular complexity index is 513. The number of fused-ring (bicyclic) bond motifs is 1. The minimum Gasteiger partial charge on any atom is -0.481 e. The van der Waals surface area contributed by atoms with Crippen LogP contribution in [0.15, 0.2) is 36.9 Å². The van der Waals surface area contributed by atoms with Crippen molar-refractivity contribution in [3.8, 4) is 0 Å². The Morgan fingerprint density at radius 3 is 2.89 bits per heavy atom. The van der Waals surface area contributed by atoms with Gasteiger partial charge in [0.05, 0.1) is 5.92 Å². The first-order chi connectivity index (χ1) is 9.13. The van der Waals surface area contributed by atoms with Crippen LogP contribution < -0.4 is 5.32 Å². The highest BCUT2D eigenvalue weighted by atomic mass is 16.4. The number of rotatable bonds is 3. The minimum absolute atomic E-state index is 0.190.